The van der Waals surface area contributed by atoms with Gasteiger partial charge in [-0.15, -0.1) is 12.4 Å². The molecule has 2 N–H and O–H groups in total. The normalized spacial score (nSPS) is 24.7. The summed E-state index contributed by atoms with van der Waals surface area (Å²) < 4.78 is 5.55. The number of carbonyl (C=O) groups is 1. The van der Waals surface area contributed by atoms with Gasteiger partial charge in [-0.3, -0.25) is 4.79 Å². The van der Waals surface area contributed by atoms with Crippen LogP contribution in [0.1, 0.15) is 61.3 Å². The van der Waals surface area contributed by atoms with Crippen molar-refractivity contribution in [1.29, 1.82) is 0 Å². The molecule has 4 rings (SSSR count). The maximum atomic E-state index is 12.3. The van der Waals surface area contributed by atoms with Crippen molar-refractivity contribution >= 4 is 29.9 Å². The topological polar surface area (TPSA) is 85.2 Å². The highest BCUT2D eigenvalue weighted by atomic mass is 35.5. The van der Waals surface area contributed by atoms with Crippen molar-refractivity contribution in [2.24, 2.45) is 5.73 Å². The summed E-state index contributed by atoms with van der Waals surface area (Å²) in [6, 6.07) is 7.39. The number of nitrogens with two attached hydrogens (primary N) is 1. The van der Waals surface area contributed by atoms with Gasteiger partial charge in [-0.25, -0.2) is 0 Å². The molecule has 2 aliphatic rings. The van der Waals surface area contributed by atoms with Crippen LogP contribution in [0.15, 0.2) is 28.8 Å². The van der Waals surface area contributed by atoms with E-state index < -0.39 is 5.54 Å². The summed E-state index contributed by atoms with van der Waals surface area (Å²) in [6.45, 7) is 0. The lowest BCUT2D eigenvalue weighted by atomic mass is 9.93. The predicted molar refractivity (Wildman–Crippen MR) is 100 cm³/mol. The molecule has 2 aromatic rings. The van der Waals surface area contributed by atoms with E-state index in [1.807, 2.05) is 24.3 Å². The Morgan fingerprint density at radius 2 is 2.08 bits per heavy atom. The van der Waals surface area contributed by atoms with Gasteiger partial charge in [0.05, 0.1) is 17.5 Å². The third kappa shape index (κ3) is 3.21. The van der Waals surface area contributed by atoms with E-state index in [0.29, 0.717) is 23.2 Å². The Bertz CT molecular complexity index is 804. The minimum absolute atomic E-state index is 0. The number of likely N-dealkylation sites (N-methyl/N-ethyl adjacent to an activating group) is 1. The molecular weight excluding hydrogens is 375 g/mol. The fourth-order valence-electron chi connectivity index (χ4n) is 4.06. The third-order valence-electron chi connectivity index (χ3n) is 5.48. The van der Waals surface area contributed by atoms with Crippen molar-refractivity contribution in [2.45, 2.75) is 49.6 Å². The summed E-state index contributed by atoms with van der Waals surface area (Å²) in [7, 11) is 1.80. The second-order valence-corrected chi connectivity index (χ2v) is 7.57. The molecule has 0 bridgehead atoms. The van der Waals surface area contributed by atoms with Crippen LogP contribution in [0.3, 0.4) is 0 Å². The number of nitrogens with zero attached hydrogens (tertiary/aromatic N) is 3. The molecule has 2 atom stereocenters. The monoisotopic (exact) mass is 396 g/mol. The molecule has 8 heteroatoms. The standard InChI is InChI=1S/C18H21ClN4O2.ClH/c1-23-14(24)10-13(15(23)11-5-4-6-12(19)9-11)16-21-17(22-25-16)18(20)7-2-3-8-18;/h4-6,9,13,15H,2-3,7-8,10,20H2,1H3;1H. The first-order chi connectivity index (χ1) is 12.0. The molecule has 2 heterocycles. The fraction of sp³-hybridized carbons (Fsp3) is 0.500. The van der Waals surface area contributed by atoms with Gasteiger partial charge in [0, 0.05) is 18.5 Å². The Labute approximate surface area is 163 Å². The molecule has 140 valence electrons. The molecule has 1 saturated heterocycles. The van der Waals surface area contributed by atoms with Gasteiger partial charge in [0.1, 0.15) is 0 Å². The lowest BCUT2D eigenvalue weighted by molar-refractivity contribution is -0.127. The zero-order valence-corrected chi connectivity index (χ0v) is 16.1. The van der Waals surface area contributed by atoms with Crippen molar-refractivity contribution in [1.82, 2.24) is 15.0 Å². The summed E-state index contributed by atoms with van der Waals surface area (Å²) in [5, 5.41) is 4.78. The third-order valence-corrected chi connectivity index (χ3v) is 5.71. The van der Waals surface area contributed by atoms with Crippen LogP contribution < -0.4 is 5.73 Å². The highest BCUT2D eigenvalue weighted by molar-refractivity contribution is 6.30. The zero-order valence-electron chi connectivity index (χ0n) is 14.5. The second-order valence-electron chi connectivity index (χ2n) is 7.13. The van der Waals surface area contributed by atoms with Gasteiger partial charge in [0.15, 0.2) is 5.82 Å². The minimum Gasteiger partial charge on any atom is -0.339 e. The molecule has 1 aliphatic heterocycles. The minimum atomic E-state index is -0.498. The summed E-state index contributed by atoms with van der Waals surface area (Å²) in [6.07, 6.45) is 4.24. The van der Waals surface area contributed by atoms with Crippen LogP contribution in [0.25, 0.3) is 0 Å². The molecular formula is C18H22Cl2N4O2. The molecule has 2 fully saturated rings. The van der Waals surface area contributed by atoms with Gasteiger partial charge in [-0.1, -0.05) is 41.7 Å². The Balaban J connectivity index is 0.00000196. The molecule has 2 unspecified atom stereocenters. The van der Waals surface area contributed by atoms with Gasteiger partial charge in [-0.05, 0) is 30.5 Å². The maximum Gasteiger partial charge on any atom is 0.232 e. The van der Waals surface area contributed by atoms with Crippen LogP contribution in [-0.4, -0.2) is 28.0 Å². The van der Waals surface area contributed by atoms with E-state index in [1.165, 1.54) is 0 Å². The second kappa shape index (κ2) is 7.18. The Morgan fingerprint density at radius 1 is 1.35 bits per heavy atom. The summed E-state index contributed by atoms with van der Waals surface area (Å²) >= 11 is 6.14. The number of rotatable bonds is 3. The van der Waals surface area contributed by atoms with E-state index in [1.54, 1.807) is 11.9 Å². The Kier molecular flexibility index (Phi) is 5.28. The molecule has 0 spiro atoms. The number of benzene rings is 1. The SMILES string of the molecule is CN1C(=O)CC(c2nc(C3(N)CCCC3)no2)C1c1cccc(Cl)c1.Cl. The van der Waals surface area contributed by atoms with E-state index >= 15 is 0 Å². The average molecular weight is 397 g/mol. The van der Waals surface area contributed by atoms with Crippen molar-refractivity contribution < 1.29 is 9.32 Å². The predicted octanol–water partition coefficient (Wildman–Crippen LogP) is 3.56. The first kappa shape index (κ1) is 19.1. The number of hydrogen-bond donors (Lipinski definition) is 1. The van der Waals surface area contributed by atoms with Gasteiger partial charge >= 0.3 is 0 Å². The van der Waals surface area contributed by atoms with Crippen molar-refractivity contribution in [3.8, 4) is 0 Å². The number of likely N-dealkylation sites (tertiary alicyclic amines) is 1. The van der Waals surface area contributed by atoms with E-state index in [0.717, 1.165) is 31.2 Å². The zero-order chi connectivity index (χ0) is 17.6. The fourth-order valence-corrected chi connectivity index (χ4v) is 4.25. The lowest BCUT2D eigenvalue weighted by Gasteiger charge is -2.24. The molecule has 26 heavy (non-hydrogen) atoms. The first-order valence-electron chi connectivity index (χ1n) is 8.62. The largest absolute Gasteiger partial charge is 0.339 e. The van der Waals surface area contributed by atoms with Crippen LogP contribution in [0.5, 0.6) is 0 Å². The Hall–Kier alpha value is -1.63. The average Bonchev–Trinajstić information content (AvgIpc) is 3.29. The van der Waals surface area contributed by atoms with Crippen LogP contribution in [-0.2, 0) is 10.3 Å². The van der Waals surface area contributed by atoms with Crippen molar-refractivity contribution in [3.63, 3.8) is 0 Å². The molecule has 1 amide bonds. The van der Waals surface area contributed by atoms with E-state index in [-0.39, 0.29) is 30.3 Å². The number of carbonyl (C=O) groups excluding carboxylic acids is 1. The molecule has 0 radical (unpaired) electrons. The summed E-state index contributed by atoms with van der Waals surface area (Å²) in [5.41, 5.74) is 6.90. The van der Waals surface area contributed by atoms with Gasteiger partial charge in [0.25, 0.3) is 0 Å². The molecule has 1 aliphatic carbocycles. The van der Waals surface area contributed by atoms with Crippen molar-refractivity contribution in [3.05, 3.63) is 46.6 Å². The van der Waals surface area contributed by atoms with Gasteiger partial charge in [0.2, 0.25) is 11.8 Å². The van der Waals surface area contributed by atoms with Crippen LogP contribution in [0, 0.1) is 0 Å². The lowest BCUT2D eigenvalue weighted by Crippen LogP contribution is -2.34. The van der Waals surface area contributed by atoms with Gasteiger partial charge < -0.3 is 15.2 Å². The number of amides is 1. The highest BCUT2D eigenvalue weighted by Crippen LogP contribution is 2.44. The first-order valence-corrected chi connectivity index (χ1v) is 9.00. The highest BCUT2D eigenvalue weighted by Gasteiger charge is 2.44. The van der Waals surface area contributed by atoms with Crippen LogP contribution in [0.4, 0.5) is 0 Å². The van der Waals surface area contributed by atoms with Crippen LogP contribution >= 0.6 is 24.0 Å². The molecule has 1 saturated carbocycles. The molecule has 1 aromatic heterocycles. The van der Waals surface area contributed by atoms with E-state index in [9.17, 15) is 4.79 Å². The number of hydrogen-bond acceptors (Lipinski definition) is 5. The molecule has 1 aromatic carbocycles. The summed E-state index contributed by atoms with van der Waals surface area (Å²) in [5.74, 6) is 0.904. The summed E-state index contributed by atoms with van der Waals surface area (Å²) in [4.78, 5) is 18.7. The molecule has 6 nitrogen and oxygen atoms in total. The maximum absolute atomic E-state index is 12.3. The quantitative estimate of drug-likeness (QED) is 0.856. The van der Waals surface area contributed by atoms with E-state index in [2.05, 4.69) is 10.1 Å². The van der Waals surface area contributed by atoms with Crippen LogP contribution in [0.2, 0.25) is 5.02 Å². The Morgan fingerprint density at radius 3 is 2.77 bits per heavy atom. The number of aromatic nitrogens is 2. The van der Waals surface area contributed by atoms with Crippen molar-refractivity contribution in [2.75, 3.05) is 7.05 Å². The van der Waals surface area contributed by atoms with E-state index in [4.69, 9.17) is 21.9 Å². The van der Waals surface area contributed by atoms with Gasteiger partial charge in [-0.2, -0.15) is 4.98 Å². The smallest absolute Gasteiger partial charge is 0.232 e. The number of halogens is 2.